The topological polar surface area (TPSA) is 75.0 Å². The smallest absolute Gasteiger partial charge is 0.271 e. The lowest BCUT2D eigenvalue weighted by Crippen LogP contribution is -2.48. The summed E-state index contributed by atoms with van der Waals surface area (Å²) in [6, 6.07) is 20.9. The highest BCUT2D eigenvalue weighted by Gasteiger charge is 2.34. The van der Waals surface area contributed by atoms with Crippen LogP contribution in [-0.4, -0.2) is 70.2 Å². The molecule has 5 rings (SSSR count). The molecule has 0 saturated carbocycles. The van der Waals surface area contributed by atoms with Gasteiger partial charge in [0.15, 0.2) is 0 Å². The molecule has 8 heteroatoms. The zero-order valence-electron chi connectivity index (χ0n) is 23.9. The van der Waals surface area contributed by atoms with Crippen molar-refractivity contribution in [2.24, 2.45) is 13.0 Å². The number of rotatable bonds is 5. The third-order valence-electron chi connectivity index (χ3n) is 8.12. The molecule has 1 aliphatic heterocycles. The largest absolute Gasteiger partial charge is 0.394 e. The predicted octanol–water partition coefficient (Wildman–Crippen LogP) is 5.11. The summed E-state index contributed by atoms with van der Waals surface area (Å²) in [6.45, 7) is 4.52. The fourth-order valence-corrected chi connectivity index (χ4v) is 5.69. The first-order chi connectivity index (χ1) is 19.7. The van der Waals surface area contributed by atoms with E-state index in [9.17, 15) is 19.1 Å². The number of aromatic nitrogens is 1. The monoisotopic (exact) mass is 557 g/mol. The van der Waals surface area contributed by atoms with Crippen molar-refractivity contribution in [1.82, 2.24) is 14.4 Å². The van der Waals surface area contributed by atoms with E-state index >= 15 is 0 Å². The Balaban J connectivity index is 1.58. The molecule has 3 atom stereocenters. The van der Waals surface area contributed by atoms with Crippen LogP contribution in [0.1, 0.15) is 40.3 Å². The number of aliphatic hydroxyl groups is 1. The molecule has 0 radical (unpaired) electrons. The molecule has 3 aromatic carbocycles. The van der Waals surface area contributed by atoms with E-state index in [-0.39, 0.29) is 37.5 Å². The maximum atomic E-state index is 14.4. The average molecular weight is 558 g/mol. The molecule has 2 amide bonds. The van der Waals surface area contributed by atoms with Crippen molar-refractivity contribution in [1.29, 1.82) is 0 Å². The van der Waals surface area contributed by atoms with Crippen molar-refractivity contribution in [3.8, 4) is 11.1 Å². The number of benzene rings is 3. The van der Waals surface area contributed by atoms with Gasteiger partial charge >= 0.3 is 0 Å². The van der Waals surface area contributed by atoms with Gasteiger partial charge in [0.2, 0.25) is 0 Å². The third kappa shape index (κ3) is 5.49. The van der Waals surface area contributed by atoms with Crippen LogP contribution in [0.3, 0.4) is 0 Å². The quantitative estimate of drug-likeness (QED) is 0.370. The second kappa shape index (κ2) is 11.8. The van der Waals surface area contributed by atoms with Crippen molar-refractivity contribution in [3.05, 3.63) is 95.4 Å². The molecule has 0 spiro atoms. The van der Waals surface area contributed by atoms with Crippen molar-refractivity contribution in [2.45, 2.75) is 32.6 Å². The number of para-hydroxylation sites is 1. The Morgan fingerprint density at radius 2 is 1.78 bits per heavy atom. The summed E-state index contributed by atoms with van der Waals surface area (Å²) in [5.74, 6) is -0.996. The van der Waals surface area contributed by atoms with Gasteiger partial charge in [-0.2, -0.15) is 0 Å². The Labute approximate surface area is 239 Å². The molecule has 0 aliphatic carbocycles. The van der Waals surface area contributed by atoms with E-state index in [1.165, 1.54) is 24.3 Å². The maximum Gasteiger partial charge on any atom is 0.271 e. The zero-order chi connectivity index (χ0) is 29.3. The van der Waals surface area contributed by atoms with E-state index < -0.39 is 18.0 Å². The van der Waals surface area contributed by atoms with Gasteiger partial charge in [0.25, 0.3) is 11.8 Å². The standard InChI is InChI=1S/C33H36FN3O4/c1-21-17-37(22(2)19-38)33(40)31-30(27-11-7-8-12-28(27)36(31)4)26-10-6-5-9-24(26)20-41-29(21)18-35(3)32(39)23-13-15-25(34)16-14-23/h5-16,21-22,29,38H,17-20H2,1-4H3/t21-,22-,29+/m1/s1. The van der Waals surface area contributed by atoms with Crippen LogP contribution < -0.4 is 0 Å². The minimum Gasteiger partial charge on any atom is -0.394 e. The fourth-order valence-electron chi connectivity index (χ4n) is 5.69. The Hall–Kier alpha value is -4.01. The minimum atomic E-state index is -0.439. The molecule has 0 fully saturated rings. The summed E-state index contributed by atoms with van der Waals surface area (Å²) in [7, 11) is 3.60. The maximum absolute atomic E-state index is 14.4. The van der Waals surface area contributed by atoms with Gasteiger partial charge in [-0.25, -0.2) is 4.39 Å². The number of halogens is 1. The van der Waals surface area contributed by atoms with Crippen LogP contribution in [0.4, 0.5) is 4.39 Å². The molecule has 1 aromatic heterocycles. The number of aryl methyl sites for hydroxylation is 1. The molecular weight excluding hydrogens is 521 g/mol. The van der Waals surface area contributed by atoms with E-state index in [0.29, 0.717) is 17.8 Å². The lowest BCUT2D eigenvalue weighted by molar-refractivity contribution is -0.0210. The Morgan fingerprint density at radius 3 is 2.51 bits per heavy atom. The molecule has 1 N–H and O–H groups in total. The predicted molar refractivity (Wildman–Crippen MR) is 157 cm³/mol. The van der Waals surface area contributed by atoms with Crippen LogP contribution >= 0.6 is 0 Å². The van der Waals surface area contributed by atoms with E-state index in [4.69, 9.17) is 4.74 Å². The lowest BCUT2D eigenvalue weighted by atomic mass is 9.96. The number of aliphatic hydroxyl groups excluding tert-OH is 1. The Kier molecular flexibility index (Phi) is 8.24. The van der Waals surface area contributed by atoms with Crippen LogP contribution in [0.2, 0.25) is 0 Å². The van der Waals surface area contributed by atoms with Crippen LogP contribution in [0, 0.1) is 11.7 Å². The number of nitrogens with zero attached hydrogens (tertiary/aromatic N) is 3. The van der Waals surface area contributed by atoms with Gasteiger partial charge in [0.05, 0.1) is 25.4 Å². The Morgan fingerprint density at radius 1 is 1.10 bits per heavy atom. The molecule has 2 heterocycles. The Bertz CT molecular complexity index is 1560. The van der Waals surface area contributed by atoms with Crippen LogP contribution in [-0.2, 0) is 18.4 Å². The molecule has 41 heavy (non-hydrogen) atoms. The van der Waals surface area contributed by atoms with Crippen molar-refractivity contribution in [3.63, 3.8) is 0 Å². The van der Waals surface area contributed by atoms with Crippen LogP contribution in [0.25, 0.3) is 22.0 Å². The highest BCUT2D eigenvalue weighted by Crippen LogP contribution is 2.38. The van der Waals surface area contributed by atoms with Gasteiger partial charge < -0.3 is 24.2 Å². The number of likely N-dealkylation sites (N-methyl/N-ethyl adjacent to an activating group) is 1. The number of fused-ring (bicyclic) bond motifs is 5. The second-order valence-electron chi connectivity index (χ2n) is 11.0. The van der Waals surface area contributed by atoms with Crippen molar-refractivity contribution < 1.29 is 23.8 Å². The van der Waals surface area contributed by atoms with E-state index in [1.807, 2.05) is 74.0 Å². The highest BCUT2D eigenvalue weighted by molar-refractivity contribution is 6.10. The van der Waals surface area contributed by atoms with Crippen LogP contribution in [0.15, 0.2) is 72.8 Å². The summed E-state index contributed by atoms with van der Waals surface area (Å²) in [4.78, 5) is 30.9. The summed E-state index contributed by atoms with van der Waals surface area (Å²) in [5, 5.41) is 11.1. The number of hydrogen-bond donors (Lipinski definition) is 1. The molecule has 7 nitrogen and oxygen atoms in total. The summed E-state index contributed by atoms with van der Waals surface area (Å²) in [5.41, 5.74) is 4.59. The normalized spacial score (nSPS) is 18.4. The van der Waals surface area contributed by atoms with Gasteiger partial charge in [0, 0.05) is 55.1 Å². The first-order valence-electron chi connectivity index (χ1n) is 13.9. The molecule has 214 valence electrons. The van der Waals surface area contributed by atoms with Gasteiger partial charge in [-0.05, 0) is 48.4 Å². The van der Waals surface area contributed by atoms with E-state index in [2.05, 4.69) is 0 Å². The molecule has 0 unspecified atom stereocenters. The molecular formula is C33H36FN3O4. The van der Waals surface area contributed by atoms with E-state index in [0.717, 1.165) is 27.6 Å². The SMILES string of the molecule is C[C@@H]1CN([C@H](C)CO)C(=O)c2c(c3ccccc3n2C)-c2ccccc2CO[C@H]1CN(C)C(=O)c1ccc(F)cc1. The lowest BCUT2D eigenvalue weighted by Gasteiger charge is -2.35. The second-order valence-corrected chi connectivity index (χ2v) is 11.0. The number of ether oxygens (including phenoxy) is 1. The van der Waals surface area contributed by atoms with Gasteiger partial charge in [0.1, 0.15) is 11.5 Å². The number of amides is 2. The number of carbonyl (C=O) groups excluding carboxylic acids is 2. The van der Waals surface area contributed by atoms with Crippen molar-refractivity contribution in [2.75, 3.05) is 26.7 Å². The highest BCUT2D eigenvalue weighted by atomic mass is 19.1. The summed E-state index contributed by atoms with van der Waals surface area (Å²) >= 11 is 0. The van der Waals surface area contributed by atoms with Crippen molar-refractivity contribution >= 4 is 22.7 Å². The molecule has 1 aliphatic rings. The van der Waals surface area contributed by atoms with Gasteiger partial charge in [-0.3, -0.25) is 9.59 Å². The van der Waals surface area contributed by atoms with Gasteiger partial charge in [-0.15, -0.1) is 0 Å². The summed E-state index contributed by atoms with van der Waals surface area (Å²) in [6.07, 6.45) is -0.420. The first-order valence-corrected chi connectivity index (χ1v) is 13.9. The minimum absolute atomic E-state index is 0.168. The average Bonchev–Trinajstić information content (AvgIpc) is 3.28. The third-order valence-corrected chi connectivity index (χ3v) is 8.12. The van der Waals surface area contributed by atoms with Gasteiger partial charge in [-0.1, -0.05) is 49.4 Å². The number of hydrogen-bond acceptors (Lipinski definition) is 4. The van der Waals surface area contributed by atoms with Crippen LogP contribution in [0.5, 0.6) is 0 Å². The summed E-state index contributed by atoms with van der Waals surface area (Å²) < 4.78 is 21.9. The fraction of sp³-hybridized carbons (Fsp3) is 0.333. The zero-order valence-corrected chi connectivity index (χ0v) is 23.9. The molecule has 0 saturated heterocycles. The number of carbonyl (C=O) groups is 2. The molecule has 4 aromatic rings. The first kappa shape index (κ1) is 28.5. The molecule has 0 bridgehead atoms. The van der Waals surface area contributed by atoms with E-state index in [1.54, 1.807) is 16.8 Å².